The molecule has 2 aromatic heterocycles. The van der Waals surface area contributed by atoms with Crippen LogP contribution in [0.5, 0.6) is 0 Å². The molecule has 5 rings (SSSR count). The van der Waals surface area contributed by atoms with Crippen molar-refractivity contribution in [3.63, 3.8) is 0 Å². The van der Waals surface area contributed by atoms with Crippen LogP contribution in [-0.2, 0) is 6.54 Å². The molecule has 0 aliphatic carbocycles. The van der Waals surface area contributed by atoms with Gasteiger partial charge in [0.2, 0.25) is 5.91 Å². The molecule has 3 aromatic carbocycles. The zero-order chi connectivity index (χ0) is 23.1. The van der Waals surface area contributed by atoms with Crippen molar-refractivity contribution < 1.29 is 14.7 Å². The van der Waals surface area contributed by atoms with Crippen LogP contribution in [-0.4, -0.2) is 26.5 Å². The van der Waals surface area contributed by atoms with E-state index in [1.807, 2.05) is 36.4 Å². The second kappa shape index (κ2) is 7.80. The van der Waals surface area contributed by atoms with E-state index < -0.39 is 11.9 Å². The van der Waals surface area contributed by atoms with Gasteiger partial charge in [-0.2, -0.15) is 0 Å². The largest absolute Gasteiger partial charge is 0.477 e. The van der Waals surface area contributed by atoms with Crippen molar-refractivity contribution >= 4 is 33.6 Å². The summed E-state index contributed by atoms with van der Waals surface area (Å²) in [6.07, 6.45) is 1.51. The van der Waals surface area contributed by atoms with Crippen LogP contribution in [0, 0.1) is 0 Å². The van der Waals surface area contributed by atoms with Gasteiger partial charge in [0, 0.05) is 29.3 Å². The second-order valence-electron chi connectivity index (χ2n) is 7.77. The molecule has 5 aromatic rings. The lowest BCUT2D eigenvalue weighted by Crippen LogP contribution is -2.14. The van der Waals surface area contributed by atoms with E-state index in [9.17, 15) is 19.5 Å². The summed E-state index contributed by atoms with van der Waals surface area (Å²) in [6, 6.07) is 21.5. The molecule has 2 heterocycles. The lowest BCUT2D eigenvalue weighted by molar-refractivity contribution is 0.0687. The summed E-state index contributed by atoms with van der Waals surface area (Å²) in [5.41, 5.74) is 7.43. The summed E-state index contributed by atoms with van der Waals surface area (Å²) in [5, 5.41) is 12.8. The number of nitrogens with one attached hydrogen (secondary N) is 1. The van der Waals surface area contributed by atoms with Crippen LogP contribution in [0.1, 0.15) is 26.4 Å². The van der Waals surface area contributed by atoms with Crippen molar-refractivity contribution in [1.82, 2.24) is 9.55 Å². The lowest BCUT2D eigenvalue weighted by Gasteiger charge is -2.10. The Morgan fingerprint density at radius 1 is 0.970 bits per heavy atom. The van der Waals surface area contributed by atoms with E-state index in [1.54, 1.807) is 41.0 Å². The zero-order valence-electron chi connectivity index (χ0n) is 17.4. The van der Waals surface area contributed by atoms with Gasteiger partial charge in [-0.1, -0.05) is 42.5 Å². The molecule has 4 N–H and O–H groups in total. The van der Waals surface area contributed by atoms with Gasteiger partial charge in [-0.25, -0.2) is 4.79 Å². The van der Waals surface area contributed by atoms with Crippen LogP contribution in [0.4, 0.5) is 0 Å². The van der Waals surface area contributed by atoms with Crippen molar-refractivity contribution in [2.75, 3.05) is 0 Å². The zero-order valence-corrected chi connectivity index (χ0v) is 17.4. The number of hydrogen-bond acceptors (Lipinski definition) is 3. The molecule has 33 heavy (non-hydrogen) atoms. The van der Waals surface area contributed by atoms with Gasteiger partial charge in [-0.15, -0.1) is 0 Å². The van der Waals surface area contributed by atoms with Crippen molar-refractivity contribution in [1.29, 1.82) is 0 Å². The number of carboxylic acid groups (broad SMARTS) is 1. The van der Waals surface area contributed by atoms with Gasteiger partial charge < -0.3 is 20.4 Å². The molecular weight excluding hydrogens is 418 g/mol. The van der Waals surface area contributed by atoms with Crippen LogP contribution in [0.2, 0.25) is 0 Å². The summed E-state index contributed by atoms with van der Waals surface area (Å²) in [7, 11) is 0. The van der Waals surface area contributed by atoms with E-state index in [-0.39, 0.29) is 23.4 Å². The molecule has 0 saturated heterocycles. The summed E-state index contributed by atoms with van der Waals surface area (Å²) < 4.78 is 1.67. The molecule has 162 valence electrons. The third-order valence-electron chi connectivity index (χ3n) is 5.80. The number of carbonyl (C=O) groups excluding carboxylic acids is 1. The average Bonchev–Trinajstić information content (AvgIpc) is 3.14. The first-order valence-electron chi connectivity index (χ1n) is 10.3. The maximum Gasteiger partial charge on any atom is 0.353 e. The minimum atomic E-state index is -1.15. The summed E-state index contributed by atoms with van der Waals surface area (Å²) in [4.78, 5) is 39.6. The second-order valence-corrected chi connectivity index (χ2v) is 7.77. The molecule has 7 nitrogen and oxygen atoms in total. The highest BCUT2D eigenvalue weighted by Gasteiger charge is 2.26. The molecular formula is C26H19N3O4. The molecule has 0 radical (unpaired) electrons. The topological polar surface area (TPSA) is 118 Å². The number of rotatable bonds is 5. The Labute approximate surface area is 187 Å². The molecule has 0 unspecified atom stereocenters. The van der Waals surface area contributed by atoms with E-state index in [0.29, 0.717) is 27.6 Å². The number of carboxylic acids is 1. The predicted molar refractivity (Wildman–Crippen MR) is 127 cm³/mol. The van der Waals surface area contributed by atoms with Crippen LogP contribution < -0.4 is 11.3 Å². The van der Waals surface area contributed by atoms with E-state index in [2.05, 4.69) is 4.98 Å². The van der Waals surface area contributed by atoms with Crippen LogP contribution >= 0.6 is 0 Å². The number of aromatic nitrogens is 2. The van der Waals surface area contributed by atoms with E-state index in [0.717, 1.165) is 10.8 Å². The van der Waals surface area contributed by atoms with Crippen LogP contribution in [0.15, 0.2) is 83.8 Å². The monoisotopic (exact) mass is 437 g/mol. The van der Waals surface area contributed by atoms with Crippen molar-refractivity contribution in [2.24, 2.45) is 5.73 Å². The number of H-pyrrole nitrogens is 1. The lowest BCUT2D eigenvalue weighted by atomic mass is 9.98. The van der Waals surface area contributed by atoms with E-state index in [1.165, 1.54) is 6.20 Å². The van der Waals surface area contributed by atoms with Gasteiger partial charge in [0.05, 0.1) is 11.1 Å². The smallest absolute Gasteiger partial charge is 0.353 e. The van der Waals surface area contributed by atoms with E-state index in [4.69, 9.17) is 5.73 Å². The molecule has 0 spiro atoms. The Bertz CT molecular complexity index is 1630. The number of hydrogen-bond donors (Lipinski definition) is 3. The quantitative estimate of drug-likeness (QED) is 0.385. The van der Waals surface area contributed by atoms with Gasteiger partial charge in [-0.3, -0.25) is 9.59 Å². The number of fused-ring (bicyclic) bond motifs is 3. The maximum atomic E-state index is 12.8. The highest BCUT2D eigenvalue weighted by atomic mass is 16.4. The van der Waals surface area contributed by atoms with Gasteiger partial charge >= 0.3 is 5.97 Å². The average molecular weight is 437 g/mol. The number of benzene rings is 3. The normalized spacial score (nSPS) is 11.2. The van der Waals surface area contributed by atoms with Gasteiger partial charge in [0.25, 0.3) is 5.56 Å². The number of nitrogens with zero attached hydrogens (tertiary/aromatic N) is 1. The number of amides is 1. The fourth-order valence-corrected chi connectivity index (χ4v) is 4.39. The van der Waals surface area contributed by atoms with Crippen LogP contribution in [0.25, 0.3) is 32.8 Å². The van der Waals surface area contributed by atoms with Crippen molar-refractivity contribution in [3.8, 4) is 11.1 Å². The third-order valence-corrected chi connectivity index (χ3v) is 5.80. The highest BCUT2D eigenvalue weighted by molar-refractivity contribution is 6.18. The number of carbonyl (C=O) groups is 2. The predicted octanol–water partition coefficient (Wildman–Crippen LogP) is 4.00. The first kappa shape index (κ1) is 20.3. The number of aromatic carboxylic acids is 1. The molecule has 0 aliphatic rings. The standard InChI is InChI=1S/C26H19N3O4/c27-24(30)17-7-3-5-15(13-17)14-29-20-11-10-16-6-1-2-8-18(16)21(20)22(23(29)26(32)33)19-9-4-12-28-25(19)31/h1-13H,14H2,(H2,27,30)(H,28,31)(H,32,33). The number of pyridine rings is 1. The number of aromatic amines is 1. The van der Waals surface area contributed by atoms with Gasteiger partial charge in [-0.05, 0) is 46.7 Å². The molecule has 0 aliphatic heterocycles. The molecule has 1 amide bonds. The number of primary amides is 1. The fraction of sp³-hybridized carbons (Fsp3) is 0.0385. The first-order chi connectivity index (χ1) is 16.0. The van der Waals surface area contributed by atoms with Crippen LogP contribution in [0.3, 0.4) is 0 Å². The van der Waals surface area contributed by atoms with Crippen molar-refractivity contribution in [3.05, 3.63) is 106 Å². The molecule has 0 bridgehead atoms. The minimum absolute atomic E-state index is 0.00234. The first-order valence-corrected chi connectivity index (χ1v) is 10.3. The highest BCUT2D eigenvalue weighted by Crippen LogP contribution is 2.38. The van der Waals surface area contributed by atoms with Gasteiger partial charge in [0.15, 0.2) is 0 Å². The fourth-order valence-electron chi connectivity index (χ4n) is 4.39. The summed E-state index contributed by atoms with van der Waals surface area (Å²) >= 11 is 0. The van der Waals surface area contributed by atoms with E-state index >= 15 is 0 Å². The molecule has 0 atom stereocenters. The Balaban J connectivity index is 1.90. The Morgan fingerprint density at radius 3 is 2.55 bits per heavy atom. The van der Waals surface area contributed by atoms with Gasteiger partial charge in [0.1, 0.15) is 5.69 Å². The SMILES string of the molecule is NC(=O)c1cccc(Cn2c(C(=O)O)c(-c3ccc[nH]c3=O)c3c4ccccc4ccc32)c1. The summed E-state index contributed by atoms with van der Waals surface area (Å²) in [6.45, 7) is 0.183. The molecule has 0 saturated carbocycles. The molecule has 0 fully saturated rings. The molecule has 7 heteroatoms. The number of nitrogens with two attached hydrogens (primary N) is 1. The Morgan fingerprint density at radius 2 is 1.79 bits per heavy atom. The van der Waals surface area contributed by atoms with Crippen molar-refractivity contribution in [2.45, 2.75) is 6.54 Å². The maximum absolute atomic E-state index is 12.8. The summed E-state index contributed by atoms with van der Waals surface area (Å²) in [5.74, 6) is -1.71. The third kappa shape index (κ3) is 3.36. The minimum Gasteiger partial charge on any atom is -0.477 e. The Kier molecular flexibility index (Phi) is 4.79. The Hall–Kier alpha value is -4.65.